The first-order chi connectivity index (χ1) is 10.0. The Bertz CT molecular complexity index is 663. The predicted octanol–water partition coefficient (Wildman–Crippen LogP) is 2.87. The maximum absolute atomic E-state index is 13.5. The summed E-state index contributed by atoms with van der Waals surface area (Å²) in [5.74, 6) is -0.144. The Balaban J connectivity index is 2.26. The van der Waals surface area contributed by atoms with Crippen molar-refractivity contribution < 1.29 is 9.18 Å². The van der Waals surface area contributed by atoms with Crippen LogP contribution in [0.4, 0.5) is 10.2 Å². The van der Waals surface area contributed by atoms with Gasteiger partial charge in [-0.3, -0.25) is 4.79 Å². The molecular weight excluding hydrogens is 293 g/mol. The van der Waals surface area contributed by atoms with Crippen LogP contribution in [0.25, 0.3) is 0 Å². The van der Waals surface area contributed by atoms with Crippen LogP contribution in [0.2, 0.25) is 5.02 Å². The fraction of sp³-hybridized carbons (Fsp3) is 0.200. The maximum Gasteiger partial charge on any atom is 0.254 e. The normalized spacial score (nSPS) is 10.3. The molecule has 0 unspecified atom stereocenters. The lowest BCUT2D eigenvalue weighted by Gasteiger charge is -2.20. The highest BCUT2D eigenvalue weighted by Crippen LogP contribution is 2.20. The number of halogens is 2. The van der Waals surface area contributed by atoms with Crippen molar-refractivity contribution in [3.63, 3.8) is 0 Å². The van der Waals surface area contributed by atoms with Gasteiger partial charge in [-0.1, -0.05) is 17.7 Å². The summed E-state index contributed by atoms with van der Waals surface area (Å²) in [5.41, 5.74) is 1.21. The van der Waals surface area contributed by atoms with E-state index in [4.69, 9.17) is 11.6 Å². The molecule has 0 atom stereocenters. The zero-order valence-corrected chi connectivity index (χ0v) is 12.5. The first-order valence-corrected chi connectivity index (χ1v) is 6.73. The Labute approximate surface area is 127 Å². The zero-order chi connectivity index (χ0) is 15.4. The van der Waals surface area contributed by atoms with E-state index in [1.807, 2.05) is 0 Å². The molecule has 0 radical (unpaired) electrons. The average molecular weight is 308 g/mol. The minimum atomic E-state index is -0.463. The van der Waals surface area contributed by atoms with Gasteiger partial charge in [0.15, 0.2) is 0 Å². The molecule has 0 bridgehead atoms. The van der Waals surface area contributed by atoms with Crippen LogP contribution in [0.3, 0.4) is 0 Å². The van der Waals surface area contributed by atoms with Crippen molar-refractivity contribution in [2.75, 3.05) is 19.0 Å². The van der Waals surface area contributed by atoms with Crippen LogP contribution >= 0.6 is 11.6 Å². The highest BCUT2D eigenvalue weighted by Gasteiger charge is 2.14. The van der Waals surface area contributed by atoms with E-state index >= 15 is 0 Å². The third-order valence-corrected chi connectivity index (χ3v) is 3.33. The number of carbonyl (C=O) groups is 1. The summed E-state index contributed by atoms with van der Waals surface area (Å²) in [6, 6.07) is 8.02. The Morgan fingerprint density at radius 2 is 2.19 bits per heavy atom. The van der Waals surface area contributed by atoms with Crippen LogP contribution in [0.1, 0.15) is 15.9 Å². The number of amides is 1. The number of carbonyl (C=O) groups excluding carboxylic acids is 1. The van der Waals surface area contributed by atoms with Gasteiger partial charge in [0.05, 0.1) is 10.6 Å². The average Bonchev–Trinajstić information content (AvgIpc) is 2.50. The van der Waals surface area contributed by atoms with Crippen LogP contribution in [0.15, 0.2) is 36.5 Å². The number of benzene rings is 1. The van der Waals surface area contributed by atoms with E-state index < -0.39 is 5.82 Å². The highest BCUT2D eigenvalue weighted by atomic mass is 35.5. The van der Waals surface area contributed by atoms with Gasteiger partial charge in [-0.15, -0.1) is 0 Å². The van der Waals surface area contributed by atoms with Gasteiger partial charge in [0, 0.05) is 26.8 Å². The van der Waals surface area contributed by atoms with Gasteiger partial charge in [0.1, 0.15) is 11.6 Å². The molecule has 1 amide bonds. The van der Waals surface area contributed by atoms with Gasteiger partial charge in [-0.25, -0.2) is 9.37 Å². The fourth-order valence-electron chi connectivity index (χ4n) is 2.00. The van der Waals surface area contributed by atoms with Gasteiger partial charge >= 0.3 is 0 Å². The van der Waals surface area contributed by atoms with Crippen molar-refractivity contribution in [3.8, 4) is 0 Å². The third-order valence-electron chi connectivity index (χ3n) is 3.02. The summed E-state index contributed by atoms with van der Waals surface area (Å²) < 4.78 is 13.5. The van der Waals surface area contributed by atoms with Crippen molar-refractivity contribution in [1.29, 1.82) is 0 Å². The second-order valence-electron chi connectivity index (χ2n) is 4.56. The Kier molecular flexibility index (Phi) is 4.75. The molecule has 0 saturated carbocycles. The number of aromatic nitrogens is 1. The molecule has 4 nitrogen and oxygen atoms in total. The van der Waals surface area contributed by atoms with E-state index in [0.717, 1.165) is 5.56 Å². The van der Waals surface area contributed by atoms with Crippen LogP contribution in [-0.4, -0.2) is 25.0 Å². The summed E-state index contributed by atoms with van der Waals surface area (Å²) in [6.07, 6.45) is 1.61. The van der Waals surface area contributed by atoms with Crippen molar-refractivity contribution in [1.82, 2.24) is 10.3 Å². The van der Waals surface area contributed by atoms with Gasteiger partial charge in [0.25, 0.3) is 5.91 Å². The second-order valence-corrected chi connectivity index (χ2v) is 4.97. The molecule has 1 aromatic heterocycles. The molecule has 2 aromatic rings. The predicted molar refractivity (Wildman–Crippen MR) is 81.1 cm³/mol. The Morgan fingerprint density at radius 1 is 1.43 bits per heavy atom. The van der Waals surface area contributed by atoms with Crippen molar-refractivity contribution in [2.24, 2.45) is 0 Å². The first kappa shape index (κ1) is 15.3. The smallest absolute Gasteiger partial charge is 0.254 e. The molecular formula is C15H15ClFN3O. The van der Waals surface area contributed by atoms with E-state index in [-0.39, 0.29) is 10.9 Å². The van der Waals surface area contributed by atoms with Gasteiger partial charge < -0.3 is 10.2 Å². The lowest BCUT2D eigenvalue weighted by atomic mass is 10.2. The number of hydrogen-bond donors (Lipinski definition) is 1. The quantitative estimate of drug-likeness (QED) is 0.944. The largest absolute Gasteiger partial charge is 0.355 e. The van der Waals surface area contributed by atoms with Crippen molar-refractivity contribution in [3.05, 3.63) is 58.5 Å². The minimum Gasteiger partial charge on any atom is -0.355 e. The summed E-state index contributed by atoms with van der Waals surface area (Å²) in [6.45, 7) is 0.412. The number of pyridine rings is 1. The lowest BCUT2D eigenvalue weighted by molar-refractivity contribution is 0.0963. The molecule has 2 rings (SSSR count). The van der Waals surface area contributed by atoms with Crippen molar-refractivity contribution >= 4 is 23.3 Å². The molecule has 0 aliphatic heterocycles. The molecule has 6 heteroatoms. The molecule has 0 aliphatic rings. The van der Waals surface area contributed by atoms with Crippen LogP contribution < -0.4 is 10.2 Å². The Hall–Kier alpha value is -2.14. The molecule has 0 aliphatic carbocycles. The molecule has 1 heterocycles. The zero-order valence-electron chi connectivity index (χ0n) is 11.7. The summed E-state index contributed by atoms with van der Waals surface area (Å²) >= 11 is 5.67. The second kappa shape index (κ2) is 6.54. The van der Waals surface area contributed by atoms with Crippen LogP contribution in [-0.2, 0) is 6.54 Å². The maximum atomic E-state index is 13.5. The van der Waals surface area contributed by atoms with Crippen LogP contribution in [0.5, 0.6) is 0 Å². The van der Waals surface area contributed by atoms with Crippen LogP contribution in [0, 0.1) is 5.82 Å². The standard InChI is InChI=1S/C15H15ClFN3O/c1-18-15(21)11-4-3-7-19-14(11)20(2)9-10-5-6-12(16)13(17)8-10/h3-8H,9H2,1-2H3,(H,18,21). The summed E-state index contributed by atoms with van der Waals surface area (Å²) in [4.78, 5) is 17.8. The Morgan fingerprint density at radius 3 is 2.86 bits per heavy atom. The molecule has 21 heavy (non-hydrogen) atoms. The van der Waals surface area contributed by atoms with Gasteiger partial charge in [-0.2, -0.15) is 0 Å². The fourth-order valence-corrected chi connectivity index (χ4v) is 2.12. The number of hydrogen-bond acceptors (Lipinski definition) is 3. The van der Waals surface area contributed by atoms with E-state index in [9.17, 15) is 9.18 Å². The van der Waals surface area contributed by atoms with E-state index in [0.29, 0.717) is 17.9 Å². The van der Waals surface area contributed by atoms with E-state index in [2.05, 4.69) is 10.3 Å². The van der Waals surface area contributed by atoms with Gasteiger partial charge in [0.2, 0.25) is 0 Å². The molecule has 1 N–H and O–H groups in total. The van der Waals surface area contributed by atoms with E-state index in [1.165, 1.54) is 12.1 Å². The molecule has 0 spiro atoms. The molecule has 0 saturated heterocycles. The minimum absolute atomic E-state index is 0.0882. The molecule has 1 aromatic carbocycles. The number of rotatable bonds is 4. The first-order valence-electron chi connectivity index (χ1n) is 6.35. The topological polar surface area (TPSA) is 45.2 Å². The lowest BCUT2D eigenvalue weighted by Crippen LogP contribution is -2.25. The third kappa shape index (κ3) is 3.49. The van der Waals surface area contributed by atoms with Crippen molar-refractivity contribution in [2.45, 2.75) is 6.54 Å². The van der Waals surface area contributed by atoms with Gasteiger partial charge in [-0.05, 0) is 29.8 Å². The number of nitrogens with zero attached hydrogens (tertiary/aromatic N) is 2. The van der Waals surface area contributed by atoms with E-state index in [1.54, 1.807) is 43.4 Å². The summed E-state index contributed by atoms with van der Waals surface area (Å²) in [7, 11) is 3.36. The summed E-state index contributed by atoms with van der Waals surface area (Å²) in [5, 5.41) is 2.66. The highest BCUT2D eigenvalue weighted by molar-refractivity contribution is 6.30. The monoisotopic (exact) mass is 307 g/mol. The number of anilines is 1. The molecule has 110 valence electrons. The number of nitrogens with one attached hydrogen (secondary N) is 1. The SMILES string of the molecule is CNC(=O)c1cccnc1N(C)Cc1ccc(Cl)c(F)c1. The molecule has 0 fully saturated rings.